The van der Waals surface area contributed by atoms with Crippen molar-refractivity contribution in [3.8, 4) is 11.5 Å². The van der Waals surface area contributed by atoms with E-state index in [1.165, 1.54) is 82.4 Å². The Morgan fingerprint density at radius 3 is 1.78 bits per heavy atom. The van der Waals surface area contributed by atoms with Crippen molar-refractivity contribution in [2.75, 3.05) is 36.3 Å². The van der Waals surface area contributed by atoms with Crippen LogP contribution in [0.1, 0.15) is 109 Å². The topological polar surface area (TPSA) is 161 Å². The van der Waals surface area contributed by atoms with E-state index in [1.54, 1.807) is 48.5 Å². The van der Waals surface area contributed by atoms with Gasteiger partial charge in [0.25, 0.3) is 5.91 Å². The SMILES string of the molecule is CCCCCCCCCCCCN(C(=O)Oc1cc(C(=O)OC)cc(C(=O)OC)c1)c1cccc2c(O)c(C(=O)Nc3ccc(NC(C)=O)cc3)ccc12. The van der Waals surface area contributed by atoms with E-state index in [4.69, 9.17) is 14.2 Å². The third kappa shape index (κ3) is 11.3. The summed E-state index contributed by atoms with van der Waals surface area (Å²) >= 11 is 0. The highest BCUT2D eigenvalue weighted by Gasteiger charge is 2.24. The zero-order valence-corrected chi connectivity index (χ0v) is 31.4. The maximum Gasteiger partial charge on any atom is 0.419 e. The van der Waals surface area contributed by atoms with Crippen molar-refractivity contribution >= 4 is 57.7 Å². The van der Waals surface area contributed by atoms with Crippen molar-refractivity contribution in [1.82, 2.24) is 0 Å². The van der Waals surface area contributed by atoms with Gasteiger partial charge in [-0.3, -0.25) is 14.5 Å². The molecule has 0 aliphatic heterocycles. The number of aromatic hydroxyl groups is 1. The number of esters is 2. The highest BCUT2D eigenvalue weighted by molar-refractivity contribution is 6.12. The van der Waals surface area contributed by atoms with Crippen molar-refractivity contribution in [3.63, 3.8) is 0 Å². The maximum absolute atomic E-state index is 14.0. The predicted molar refractivity (Wildman–Crippen MR) is 209 cm³/mol. The first-order valence-corrected chi connectivity index (χ1v) is 18.3. The van der Waals surface area contributed by atoms with E-state index >= 15 is 0 Å². The lowest BCUT2D eigenvalue weighted by Crippen LogP contribution is -2.34. The molecule has 0 spiro atoms. The molecule has 0 unspecified atom stereocenters. The first-order valence-electron chi connectivity index (χ1n) is 18.3. The van der Waals surface area contributed by atoms with Gasteiger partial charge in [0.05, 0.1) is 36.6 Å². The number of methoxy groups -OCH3 is 2. The molecule has 4 aromatic rings. The minimum Gasteiger partial charge on any atom is -0.506 e. The minimum absolute atomic E-state index is 0.00555. The number of phenolic OH excluding ortho intramolecular Hbond substituents is 1. The molecule has 0 fully saturated rings. The molecule has 4 rings (SSSR count). The molecule has 0 atom stereocenters. The van der Waals surface area contributed by atoms with Crippen molar-refractivity contribution in [1.29, 1.82) is 0 Å². The number of amides is 3. The third-order valence-corrected chi connectivity index (χ3v) is 8.92. The van der Waals surface area contributed by atoms with Gasteiger partial charge in [0.15, 0.2) is 0 Å². The van der Waals surface area contributed by atoms with E-state index < -0.39 is 23.9 Å². The van der Waals surface area contributed by atoms with Gasteiger partial charge in [0, 0.05) is 35.6 Å². The molecule has 3 amide bonds. The zero-order valence-electron chi connectivity index (χ0n) is 31.4. The summed E-state index contributed by atoms with van der Waals surface area (Å²) in [5.74, 6) is -2.58. The number of phenols is 1. The smallest absolute Gasteiger partial charge is 0.419 e. The van der Waals surface area contributed by atoms with Gasteiger partial charge in [-0.15, -0.1) is 0 Å². The van der Waals surface area contributed by atoms with Crippen LogP contribution in [0, 0.1) is 0 Å². The molecule has 286 valence electrons. The number of carbonyl (C=O) groups is 5. The number of carbonyl (C=O) groups excluding carboxylic acids is 5. The fraction of sp³-hybridized carbons (Fsp3) is 0.357. The van der Waals surface area contributed by atoms with Crippen LogP contribution in [0.2, 0.25) is 0 Å². The standard InChI is InChI=1S/C42H49N3O9/c1-5-6-7-8-9-10-11-12-13-14-24-45(42(51)54-33-26-29(40(49)52-3)25-30(27-33)41(50)53-4)37-17-15-16-35-34(37)22-23-36(38(35)47)39(48)44-32-20-18-31(19-21-32)43-28(2)46/h15-23,25-27,47H,5-14,24H2,1-4H3,(H,43,46)(H,44,48). The highest BCUT2D eigenvalue weighted by atomic mass is 16.6. The number of hydrogen-bond acceptors (Lipinski definition) is 9. The molecule has 0 radical (unpaired) electrons. The summed E-state index contributed by atoms with van der Waals surface area (Å²) in [6.07, 6.45) is 10.2. The number of fused-ring (bicyclic) bond motifs is 1. The van der Waals surface area contributed by atoms with Crippen LogP contribution in [0.5, 0.6) is 11.5 Å². The second-order valence-corrected chi connectivity index (χ2v) is 13.0. The molecule has 54 heavy (non-hydrogen) atoms. The molecular formula is C42H49N3O9. The molecule has 0 heterocycles. The number of ether oxygens (including phenoxy) is 3. The van der Waals surface area contributed by atoms with E-state index in [9.17, 15) is 29.1 Å². The van der Waals surface area contributed by atoms with Gasteiger partial charge in [0.2, 0.25) is 5.91 Å². The van der Waals surface area contributed by atoms with Gasteiger partial charge in [-0.1, -0.05) is 82.9 Å². The van der Waals surface area contributed by atoms with Gasteiger partial charge >= 0.3 is 18.0 Å². The molecule has 0 aliphatic rings. The number of nitrogens with one attached hydrogen (secondary N) is 2. The second kappa shape index (κ2) is 20.4. The molecule has 12 heteroatoms. The number of hydrogen-bond donors (Lipinski definition) is 3. The molecule has 0 aliphatic carbocycles. The lowest BCUT2D eigenvalue weighted by Gasteiger charge is -2.24. The molecule has 0 saturated heterocycles. The van der Waals surface area contributed by atoms with Gasteiger partial charge in [-0.05, 0) is 61.0 Å². The zero-order chi connectivity index (χ0) is 39.0. The summed E-state index contributed by atoms with van der Waals surface area (Å²) in [6, 6.07) is 18.6. The number of anilines is 3. The number of nitrogens with zero attached hydrogens (tertiary/aromatic N) is 1. The van der Waals surface area contributed by atoms with Crippen LogP contribution < -0.4 is 20.3 Å². The number of unbranched alkanes of at least 4 members (excludes halogenated alkanes) is 9. The normalized spacial score (nSPS) is 10.7. The monoisotopic (exact) mass is 739 g/mol. The van der Waals surface area contributed by atoms with Crippen molar-refractivity contribution < 1.29 is 43.3 Å². The summed E-state index contributed by atoms with van der Waals surface area (Å²) < 4.78 is 15.5. The molecular weight excluding hydrogens is 690 g/mol. The molecule has 0 aromatic heterocycles. The molecule has 12 nitrogen and oxygen atoms in total. The van der Waals surface area contributed by atoms with Crippen LogP contribution in [0.4, 0.5) is 21.9 Å². The largest absolute Gasteiger partial charge is 0.506 e. The summed E-state index contributed by atoms with van der Waals surface area (Å²) in [7, 11) is 2.40. The molecule has 0 saturated carbocycles. The Morgan fingerprint density at radius 2 is 1.22 bits per heavy atom. The maximum atomic E-state index is 14.0. The van der Waals surface area contributed by atoms with E-state index in [-0.39, 0.29) is 40.6 Å². The van der Waals surface area contributed by atoms with E-state index in [2.05, 4.69) is 17.6 Å². The summed E-state index contributed by atoms with van der Waals surface area (Å²) in [6.45, 7) is 3.87. The second-order valence-electron chi connectivity index (χ2n) is 13.0. The van der Waals surface area contributed by atoms with Crippen LogP contribution in [0.25, 0.3) is 10.8 Å². The molecule has 4 aromatic carbocycles. The number of benzene rings is 4. The Hall–Kier alpha value is -5.91. The Balaban J connectivity index is 1.60. The average molecular weight is 740 g/mol. The summed E-state index contributed by atoms with van der Waals surface area (Å²) in [5, 5.41) is 17.6. The van der Waals surface area contributed by atoms with Crippen molar-refractivity contribution in [2.24, 2.45) is 0 Å². The number of rotatable bonds is 18. The van der Waals surface area contributed by atoms with Crippen LogP contribution in [0.3, 0.4) is 0 Å². The van der Waals surface area contributed by atoms with Crippen LogP contribution in [0.15, 0.2) is 72.8 Å². The first-order chi connectivity index (χ1) is 26.1. The average Bonchev–Trinajstić information content (AvgIpc) is 3.16. The highest BCUT2D eigenvalue weighted by Crippen LogP contribution is 2.36. The molecule has 3 N–H and O–H groups in total. The Bertz CT molecular complexity index is 1910. The quantitative estimate of drug-likeness (QED) is 0.0667. The summed E-state index contributed by atoms with van der Waals surface area (Å²) in [5.41, 5.74) is 1.47. The Labute approximate surface area is 315 Å². The van der Waals surface area contributed by atoms with Crippen LogP contribution in [-0.4, -0.2) is 55.7 Å². The molecule has 0 bridgehead atoms. The van der Waals surface area contributed by atoms with Crippen molar-refractivity contribution in [3.05, 3.63) is 89.5 Å². The lowest BCUT2D eigenvalue weighted by atomic mass is 10.0. The van der Waals surface area contributed by atoms with Crippen LogP contribution in [-0.2, 0) is 14.3 Å². The van der Waals surface area contributed by atoms with E-state index in [1.807, 2.05) is 0 Å². The van der Waals surface area contributed by atoms with Gasteiger partial charge in [-0.25, -0.2) is 14.4 Å². The Kier molecular flexibility index (Phi) is 15.4. The Morgan fingerprint density at radius 1 is 0.667 bits per heavy atom. The lowest BCUT2D eigenvalue weighted by molar-refractivity contribution is -0.114. The summed E-state index contributed by atoms with van der Waals surface area (Å²) in [4.78, 5) is 64.9. The van der Waals surface area contributed by atoms with Crippen LogP contribution >= 0.6 is 0 Å². The third-order valence-electron chi connectivity index (χ3n) is 8.92. The van der Waals surface area contributed by atoms with E-state index in [0.717, 1.165) is 25.7 Å². The van der Waals surface area contributed by atoms with Gasteiger partial charge in [0.1, 0.15) is 11.5 Å². The minimum atomic E-state index is -0.778. The predicted octanol–water partition coefficient (Wildman–Crippen LogP) is 9.26. The van der Waals surface area contributed by atoms with Gasteiger partial charge < -0.3 is 30.0 Å². The fourth-order valence-corrected chi connectivity index (χ4v) is 6.14. The fourth-order valence-electron chi connectivity index (χ4n) is 6.14. The van der Waals surface area contributed by atoms with Gasteiger partial charge in [-0.2, -0.15) is 0 Å². The van der Waals surface area contributed by atoms with E-state index in [0.29, 0.717) is 34.3 Å². The van der Waals surface area contributed by atoms with Crippen molar-refractivity contribution in [2.45, 2.75) is 78.1 Å². The first kappa shape index (κ1) is 40.9.